The Morgan fingerprint density at radius 1 is 1.02 bits per heavy atom. The highest BCUT2D eigenvalue weighted by Gasteiger charge is 2.45. The molecule has 2 aliphatic rings. The molecule has 1 aliphatic carbocycles. The van der Waals surface area contributed by atoms with Crippen LogP contribution in [-0.2, 0) is 20.8 Å². The molecule has 0 bridgehead atoms. The number of carbonyl (C=O) groups is 1. The molecule has 0 radical (unpaired) electrons. The number of halogens is 3. The highest BCUT2D eigenvalue weighted by atomic mass is 32.2. The minimum atomic E-state index is -4.56. The van der Waals surface area contributed by atoms with Crippen molar-refractivity contribution < 1.29 is 26.4 Å². The van der Waals surface area contributed by atoms with Crippen LogP contribution >= 0.6 is 0 Å². The van der Waals surface area contributed by atoms with Gasteiger partial charge < -0.3 is 14.8 Å². The first kappa shape index (κ1) is 28.6. The average Bonchev–Trinajstić information content (AvgIpc) is 3.52. The fourth-order valence-corrected chi connectivity index (χ4v) is 8.31. The minimum Gasteiger partial charge on any atom is -0.341 e. The Kier molecular flexibility index (Phi) is 7.98. The van der Waals surface area contributed by atoms with E-state index in [1.165, 1.54) is 12.1 Å². The van der Waals surface area contributed by atoms with Crippen LogP contribution in [0.4, 0.5) is 13.2 Å². The maximum atomic E-state index is 13.8. The molecule has 216 valence electrons. The number of alkyl halides is 3. The van der Waals surface area contributed by atoms with E-state index in [-0.39, 0.29) is 51.4 Å². The Balaban J connectivity index is 1.42. The number of imidazole rings is 1. The van der Waals surface area contributed by atoms with Crippen molar-refractivity contribution in [2.45, 2.75) is 68.6 Å². The molecule has 1 aromatic heterocycles. The summed E-state index contributed by atoms with van der Waals surface area (Å²) in [6.07, 6.45) is -1.96. The van der Waals surface area contributed by atoms with Crippen LogP contribution in [0.3, 0.4) is 0 Å². The van der Waals surface area contributed by atoms with Gasteiger partial charge in [-0.05, 0) is 69.0 Å². The van der Waals surface area contributed by atoms with Gasteiger partial charge in [0.15, 0.2) is 9.84 Å². The Labute approximate surface area is 232 Å². The molecule has 11 heteroatoms. The van der Waals surface area contributed by atoms with E-state index in [1.807, 2.05) is 0 Å². The van der Waals surface area contributed by atoms with Crippen LogP contribution < -0.4 is 0 Å². The lowest BCUT2D eigenvalue weighted by atomic mass is 9.81. The highest BCUT2D eigenvalue weighted by molar-refractivity contribution is 7.91. The van der Waals surface area contributed by atoms with Gasteiger partial charge in [0.05, 0.1) is 27.6 Å². The van der Waals surface area contributed by atoms with E-state index >= 15 is 0 Å². The molecular formula is C29H35F3N4O3S. The van der Waals surface area contributed by atoms with Crippen molar-refractivity contribution in [3.8, 4) is 0 Å². The SMILES string of the molecule is CCN(CC)[C@@H]1CC[C@H](N2CCC(c3nc4c(C(F)(F)F)cccc4[nH]3)C2=O)[C@H](CS(=O)(=O)c2ccccc2)C1. The zero-order valence-corrected chi connectivity index (χ0v) is 23.5. The number of amides is 1. The van der Waals surface area contributed by atoms with Gasteiger partial charge in [-0.25, -0.2) is 13.4 Å². The summed E-state index contributed by atoms with van der Waals surface area (Å²) in [6.45, 7) is 6.32. The fourth-order valence-electron chi connectivity index (χ4n) is 6.62. The third-order valence-corrected chi connectivity index (χ3v) is 10.4. The molecule has 2 fully saturated rings. The van der Waals surface area contributed by atoms with E-state index in [4.69, 9.17) is 0 Å². The lowest BCUT2D eigenvalue weighted by molar-refractivity contribution is -0.136. The summed E-state index contributed by atoms with van der Waals surface area (Å²) >= 11 is 0. The van der Waals surface area contributed by atoms with Gasteiger partial charge in [-0.15, -0.1) is 0 Å². The van der Waals surface area contributed by atoms with Crippen molar-refractivity contribution in [3.63, 3.8) is 0 Å². The van der Waals surface area contributed by atoms with E-state index in [9.17, 15) is 26.4 Å². The number of aromatic amines is 1. The van der Waals surface area contributed by atoms with Crippen LogP contribution in [0.15, 0.2) is 53.4 Å². The number of nitrogens with one attached hydrogen (secondary N) is 1. The lowest BCUT2D eigenvalue weighted by Crippen LogP contribution is -2.51. The van der Waals surface area contributed by atoms with Crippen LogP contribution in [0.2, 0.25) is 0 Å². The summed E-state index contributed by atoms with van der Waals surface area (Å²) in [4.78, 5) is 25.3. The number of rotatable bonds is 8. The number of hydrogen-bond donors (Lipinski definition) is 1. The van der Waals surface area contributed by atoms with Crippen molar-refractivity contribution in [3.05, 3.63) is 59.9 Å². The van der Waals surface area contributed by atoms with E-state index < -0.39 is 27.5 Å². The third-order valence-electron chi connectivity index (χ3n) is 8.59. The first-order chi connectivity index (χ1) is 19.0. The Morgan fingerprint density at radius 2 is 1.75 bits per heavy atom. The van der Waals surface area contributed by atoms with Crippen LogP contribution in [0.1, 0.15) is 56.8 Å². The average molecular weight is 577 g/mol. The normalized spacial score (nSPS) is 24.4. The predicted octanol–water partition coefficient (Wildman–Crippen LogP) is 5.25. The Morgan fingerprint density at radius 3 is 2.42 bits per heavy atom. The number of hydrogen-bond acceptors (Lipinski definition) is 5. The smallest absolute Gasteiger partial charge is 0.341 e. The number of likely N-dealkylation sites (tertiary alicyclic amines) is 1. The second kappa shape index (κ2) is 11.2. The van der Waals surface area contributed by atoms with Crippen molar-refractivity contribution in [2.75, 3.05) is 25.4 Å². The number of benzene rings is 2. The van der Waals surface area contributed by atoms with E-state index in [0.717, 1.165) is 25.6 Å². The molecule has 1 saturated heterocycles. The number of H-pyrrole nitrogens is 1. The van der Waals surface area contributed by atoms with Gasteiger partial charge in [-0.3, -0.25) is 4.79 Å². The summed E-state index contributed by atoms with van der Waals surface area (Å²) in [6, 6.07) is 12.2. The maximum Gasteiger partial charge on any atom is 0.418 e. The lowest BCUT2D eigenvalue weighted by Gasteiger charge is -2.44. The molecule has 3 aromatic rings. The molecule has 1 amide bonds. The van der Waals surface area contributed by atoms with Gasteiger partial charge in [-0.2, -0.15) is 13.2 Å². The van der Waals surface area contributed by atoms with Gasteiger partial charge in [0.2, 0.25) is 5.91 Å². The minimum absolute atomic E-state index is 0.0620. The number of nitrogens with zero attached hydrogens (tertiary/aromatic N) is 3. The summed E-state index contributed by atoms with van der Waals surface area (Å²) in [5.41, 5.74) is -0.791. The highest BCUT2D eigenvalue weighted by Crippen LogP contribution is 2.40. The van der Waals surface area contributed by atoms with Crippen LogP contribution in [-0.4, -0.2) is 71.6 Å². The first-order valence-electron chi connectivity index (χ1n) is 13.9. The van der Waals surface area contributed by atoms with E-state index in [1.54, 1.807) is 35.2 Å². The molecule has 40 heavy (non-hydrogen) atoms. The summed E-state index contributed by atoms with van der Waals surface area (Å²) in [7, 11) is -3.59. The van der Waals surface area contributed by atoms with Crippen molar-refractivity contribution >= 4 is 26.8 Å². The van der Waals surface area contributed by atoms with Crippen LogP contribution in [0.5, 0.6) is 0 Å². The van der Waals surface area contributed by atoms with Crippen molar-refractivity contribution in [2.24, 2.45) is 5.92 Å². The zero-order chi connectivity index (χ0) is 28.7. The molecule has 1 aliphatic heterocycles. The van der Waals surface area contributed by atoms with Crippen molar-refractivity contribution in [1.82, 2.24) is 19.8 Å². The molecular weight excluding hydrogens is 541 g/mol. The maximum absolute atomic E-state index is 13.8. The topological polar surface area (TPSA) is 86.4 Å². The predicted molar refractivity (Wildman–Crippen MR) is 146 cm³/mol. The molecule has 1 saturated carbocycles. The molecule has 7 nitrogen and oxygen atoms in total. The second-order valence-electron chi connectivity index (χ2n) is 10.8. The van der Waals surface area contributed by atoms with Crippen molar-refractivity contribution in [1.29, 1.82) is 0 Å². The van der Waals surface area contributed by atoms with Gasteiger partial charge in [0, 0.05) is 18.6 Å². The van der Waals surface area contributed by atoms with Gasteiger partial charge in [-0.1, -0.05) is 38.1 Å². The van der Waals surface area contributed by atoms with E-state index in [2.05, 4.69) is 28.7 Å². The van der Waals surface area contributed by atoms with Gasteiger partial charge in [0.1, 0.15) is 11.3 Å². The summed E-state index contributed by atoms with van der Waals surface area (Å²) in [5, 5.41) is 0. The number of para-hydroxylation sites is 1. The Hall–Kier alpha value is -2.92. The number of aromatic nitrogens is 2. The van der Waals surface area contributed by atoms with Crippen LogP contribution in [0, 0.1) is 5.92 Å². The molecule has 1 N–H and O–H groups in total. The summed E-state index contributed by atoms with van der Waals surface area (Å²) < 4.78 is 67.5. The standard InChI is InChI=1S/C29H35F3N4O3S/c1-3-35(4-2)20-13-14-25(19(17-20)18-40(38,39)21-9-6-5-7-10-21)36-16-15-22(28(36)37)27-33-24-12-8-11-23(26(24)34-27)29(30,31)32/h5-12,19-20,22,25H,3-4,13-18H2,1-2H3,(H,33,34)/t19-,20+,22?,25-/m0/s1. The number of sulfone groups is 1. The van der Waals surface area contributed by atoms with Gasteiger partial charge >= 0.3 is 6.18 Å². The van der Waals surface area contributed by atoms with Gasteiger partial charge in [0.25, 0.3) is 0 Å². The Bertz CT molecular complexity index is 1450. The number of carbonyl (C=O) groups excluding carboxylic acids is 1. The first-order valence-corrected chi connectivity index (χ1v) is 15.6. The largest absolute Gasteiger partial charge is 0.418 e. The second-order valence-corrected chi connectivity index (χ2v) is 12.8. The molecule has 0 spiro atoms. The quantitative estimate of drug-likeness (QED) is 0.396. The zero-order valence-electron chi connectivity index (χ0n) is 22.7. The van der Waals surface area contributed by atoms with E-state index in [0.29, 0.717) is 25.8 Å². The molecule has 1 unspecified atom stereocenters. The molecule has 5 rings (SSSR count). The molecule has 2 heterocycles. The third kappa shape index (κ3) is 5.50. The molecule has 4 atom stereocenters. The summed E-state index contributed by atoms with van der Waals surface area (Å²) in [5.74, 6) is -1.00. The van der Waals surface area contributed by atoms with Crippen LogP contribution in [0.25, 0.3) is 11.0 Å². The molecule has 2 aromatic carbocycles. The number of fused-ring (bicyclic) bond motifs is 1. The monoisotopic (exact) mass is 576 g/mol. The fraction of sp³-hybridized carbons (Fsp3) is 0.517.